The van der Waals surface area contributed by atoms with Crippen LogP contribution in [0.1, 0.15) is 18.1 Å². The highest BCUT2D eigenvalue weighted by Gasteiger charge is 2.35. The van der Waals surface area contributed by atoms with E-state index in [1.54, 1.807) is 30.3 Å². The molecule has 6 nitrogen and oxygen atoms in total. The molecule has 10 heteroatoms. The summed E-state index contributed by atoms with van der Waals surface area (Å²) in [6.07, 6.45) is 1.61. The normalized spacial score (nSPS) is 14.4. The molecule has 1 aliphatic rings. The topological polar surface area (TPSA) is 65.1 Å². The molecule has 37 heavy (non-hydrogen) atoms. The Kier molecular flexibility index (Phi) is 8.83. The molecule has 3 aromatic rings. The summed E-state index contributed by atoms with van der Waals surface area (Å²) in [7, 11) is 0. The van der Waals surface area contributed by atoms with Gasteiger partial charge in [0.05, 0.1) is 22.5 Å². The number of imide groups is 1. The summed E-state index contributed by atoms with van der Waals surface area (Å²) in [5, 5.41) is -0.401. The Morgan fingerprint density at radius 3 is 2.30 bits per heavy atom. The number of carbonyl (C=O) groups is 2. The van der Waals surface area contributed by atoms with E-state index in [9.17, 15) is 18.4 Å². The van der Waals surface area contributed by atoms with Crippen LogP contribution in [0.2, 0.25) is 0 Å². The molecule has 192 valence electrons. The first-order chi connectivity index (χ1) is 17.8. The molecule has 1 heterocycles. The molecule has 1 fully saturated rings. The van der Waals surface area contributed by atoms with Gasteiger partial charge in [-0.25, -0.2) is 8.78 Å². The lowest BCUT2D eigenvalue weighted by molar-refractivity contribution is -0.123. The maximum absolute atomic E-state index is 13.2. The summed E-state index contributed by atoms with van der Waals surface area (Å²) in [4.78, 5) is 26.7. The summed E-state index contributed by atoms with van der Waals surface area (Å²) in [5.41, 5.74) is 1.43. The molecule has 2 amide bonds. The SMILES string of the molecule is CCOc1cc(/C=C2\SC(=O)N(CCOc3ccc(F)cc3)C2=O)cc(Br)c1OCc1ccc(F)cc1. The molecule has 0 radical (unpaired) electrons. The van der Waals surface area contributed by atoms with Gasteiger partial charge in [0.2, 0.25) is 0 Å². The first-order valence-electron chi connectivity index (χ1n) is 11.3. The van der Waals surface area contributed by atoms with E-state index in [1.165, 1.54) is 36.4 Å². The van der Waals surface area contributed by atoms with Gasteiger partial charge in [-0.2, -0.15) is 0 Å². The number of benzene rings is 3. The highest BCUT2D eigenvalue weighted by molar-refractivity contribution is 9.10. The molecule has 0 spiro atoms. The molecule has 0 atom stereocenters. The van der Waals surface area contributed by atoms with Crippen LogP contribution in [0.15, 0.2) is 70.0 Å². The van der Waals surface area contributed by atoms with Crippen molar-refractivity contribution in [2.45, 2.75) is 13.5 Å². The Hall–Kier alpha value is -3.37. The number of ether oxygens (including phenoxy) is 3. The summed E-state index contributed by atoms with van der Waals surface area (Å²) in [6.45, 7) is 2.56. The van der Waals surface area contributed by atoms with Gasteiger partial charge in [0.15, 0.2) is 11.5 Å². The fraction of sp³-hybridized carbons (Fsp3) is 0.185. The van der Waals surface area contributed by atoms with E-state index in [0.717, 1.165) is 22.2 Å². The van der Waals surface area contributed by atoms with Crippen LogP contribution in [0.5, 0.6) is 17.2 Å². The van der Waals surface area contributed by atoms with Gasteiger partial charge in [-0.1, -0.05) is 12.1 Å². The molecule has 4 rings (SSSR count). The van der Waals surface area contributed by atoms with Crippen LogP contribution in [0.25, 0.3) is 6.08 Å². The van der Waals surface area contributed by atoms with Gasteiger partial charge in [0.1, 0.15) is 30.6 Å². The van der Waals surface area contributed by atoms with E-state index in [4.69, 9.17) is 14.2 Å². The lowest BCUT2D eigenvalue weighted by atomic mass is 10.1. The van der Waals surface area contributed by atoms with Crippen LogP contribution in [0.4, 0.5) is 13.6 Å². The van der Waals surface area contributed by atoms with Gasteiger partial charge < -0.3 is 14.2 Å². The number of halogens is 3. The average molecular weight is 590 g/mol. The minimum absolute atomic E-state index is 0.0590. The van der Waals surface area contributed by atoms with E-state index in [0.29, 0.717) is 33.9 Å². The number of rotatable bonds is 10. The fourth-order valence-electron chi connectivity index (χ4n) is 3.44. The Labute approximate surface area is 225 Å². The highest BCUT2D eigenvalue weighted by Crippen LogP contribution is 2.39. The molecule has 0 aliphatic carbocycles. The molecule has 1 saturated heterocycles. The third-order valence-electron chi connectivity index (χ3n) is 5.20. The van der Waals surface area contributed by atoms with Gasteiger partial charge in [-0.15, -0.1) is 0 Å². The monoisotopic (exact) mass is 589 g/mol. The number of hydrogen-bond acceptors (Lipinski definition) is 6. The van der Waals surface area contributed by atoms with Crippen molar-refractivity contribution in [2.24, 2.45) is 0 Å². The Morgan fingerprint density at radius 1 is 0.946 bits per heavy atom. The van der Waals surface area contributed by atoms with E-state index in [1.807, 2.05) is 6.92 Å². The van der Waals surface area contributed by atoms with Crippen molar-refractivity contribution in [3.05, 3.63) is 92.8 Å². The summed E-state index contributed by atoms with van der Waals surface area (Å²) < 4.78 is 44.0. The smallest absolute Gasteiger partial charge is 0.293 e. The van der Waals surface area contributed by atoms with E-state index in [-0.39, 0.29) is 36.3 Å². The van der Waals surface area contributed by atoms with Gasteiger partial charge in [-0.05, 0) is 100 Å². The lowest BCUT2D eigenvalue weighted by Gasteiger charge is -2.15. The van der Waals surface area contributed by atoms with Crippen molar-refractivity contribution in [2.75, 3.05) is 19.8 Å². The second-order valence-electron chi connectivity index (χ2n) is 7.81. The van der Waals surface area contributed by atoms with Gasteiger partial charge in [0, 0.05) is 0 Å². The minimum atomic E-state index is -0.427. The van der Waals surface area contributed by atoms with Crippen molar-refractivity contribution in [3.8, 4) is 17.2 Å². The second-order valence-corrected chi connectivity index (χ2v) is 9.66. The van der Waals surface area contributed by atoms with Crippen LogP contribution >= 0.6 is 27.7 Å². The standard InChI is InChI=1S/C27H22BrF2NO5S/c1-2-34-23-14-18(13-22(28)25(23)36-16-17-3-5-19(29)6-4-17)15-24-26(32)31(27(33)37-24)11-12-35-21-9-7-20(30)8-10-21/h3-10,13-15H,2,11-12,16H2,1H3/b24-15-. The van der Waals surface area contributed by atoms with Crippen molar-refractivity contribution in [3.63, 3.8) is 0 Å². The van der Waals surface area contributed by atoms with Crippen molar-refractivity contribution in [1.29, 1.82) is 0 Å². The number of amides is 2. The molecule has 0 saturated carbocycles. The minimum Gasteiger partial charge on any atom is -0.492 e. The molecule has 1 aliphatic heterocycles. The number of hydrogen-bond donors (Lipinski definition) is 0. The average Bonchev–Trinajstić information content (AvgIpc) is 3.13. The quantitative estimate of drug-likeness (QED) is 0.242. The van der Waals surface area contributed by atoms with Gasteiger partial charge in [0.25, 0.3) is 11.1 Å². The van der Waals surface area contributed by atoms with E-state index in [2.05, 4.69) is 15.9 Å². The van der Waals surface area contributed by atoms with Crippen LogP contribution in [0.3, 0.4) is 0 Å². The zero-order chi connectivity index (χ0) is 26.4. The molecule has 0 aromatic heterocycles. The molecule has 0 N–H and O–H groups in total. The first kappa shape index (κ1) is 26.7. The molecular weight excluding hydrogens is 568 g/mol. The van der Waals surface area contributed by atoms with E-state index >= 15 is 0 Å². The first-order valence-corrected chi connectivity index (χ1v) is 12.9. The third kappa shape index (κ3) is 6.90. The van der Waals surface area contributed by atoms with Crippen molar-refractivity contribution >= 4 is 44.9 Å². The predicted octanol–water partition coefficient (Wildman–Crippen LogP) is 6.82. The number of nitrogens with zero attached hydrogens (tertiary/aromatic N) is 1. The largest absolute Gasteiger partial charge is 0.492 e. The summed E-state index contributed by atoms with van der Waals surface area (Å²) in [6, 6.07) is 15.0. The van der Waals surface area contributed by atoms with Crippen molar-refractivity contribution < 1.29 is 32.6 Å². The Balaban J connectivity index is 1.45. The van der Waals surface area contributed by atoms with Crippen LogP contribution in [-0.4, -0.2) is 35.8 Å². The zero-order valence-corrected chi connectivity index (χ0v) is 22.1. The summed E-state index contributed by atoms with van der Waals surface area (Å²) in [5.74, 6) is 0.234. The Bertz CT molecular complexity index is 1320. The molecular formula is C27H22BrF2NO5S. The molecule has 0 unspecified atom stereocenters. The van der Waals surface area contributed by atoms with Crippen LogP contribution in [-0.2, 0) is 11.4 Å². The summed E-state index contributed by atoms with van der Waals surface area (Å²) >= 11 is 4.34. The van der Waals surface area contributed by atoms with Gasteiger partial charge in [-0.3, -0.25) is 14.5 Å². The van der Waals surface area contributed by atoms with Crippen LogP contribution < -0.4 is 14.2 Å². The zero-order valence-electron chi connectivity index (χ0n) is 19.7. The van der Waals surface area contributed by atoms with Crippen LogP contribution in [0, 0.1) is 11.6 Å². The highest BCUT2D eigenvalue weighted by atomic mass is 79.9. The maximum Gasteiger partial charge on any atom is 0.293 e. The Morgan fingerprint density at radius 2 is 1.62 bits per heavy atom. The molecule has 3 aromatic carbocycles. The molecule has 0 bridgehead atoms. The predicted molar refractivity (Wildman–Crippen MR) is 141 cm³/mol. The van der Waals surface area contributed by atoms with E-state index < -0.39 is 11.1 Å². The number of carbonyl (C=O) groups excluding carboxylic acids is 2. The fourth-order valence-corrected chi connectivity index (χ4v) is 4.88. The van der Waals surface area contributed by atoms with Crippen molar-refractivity contribution in [1.82, 2.24) is 4.90 Å². The third-order valence-corrected chi connectivity index (χ3v) is 6.69. The van der Waals surface area contributed by atoms with Gasteiger partial charge >= 0.3 is 0 Å². The maximum atomic E-state index is 13.2. The lowest BCUT2D eigenvalue weighted by Crippen LogP contribution is -2.32. The second kappa shape index (κ2) is 12.2. The number of thioether (sulfide) groups is 1.